The van der Waals surface area contributed by atoms with Crippen molar-refractivity contribution in [3.05, 3.63) is 0 Å². The molecule has 0 aromatic heterocycles. The van der Waals surface area contributed by atoms with Crippen molar-refractivity contribution in [1.29, 1.82) is 0 Å². The van der Waals surface area contributed by atoms with Crippen LogP contribution >= 0.6 is 0 Å². The first-order valence-corrected chi connectivity index (χ1v) is 5.70. The molecule has 15 heavy (non-hydrogen) atoms. The van der Waals surface area contributed by atoms with Gasteiger partial charge < -0.3 is 10.0 Å². The molecule has 0 amide bonds. The predicted molar refractivity (Wildman–Crippen MR) is 60.0 cm³/mol. The van der Waals surface area contributed by atoms with Crippen LogP contribution in [0.1, 0.15) is 25.7 Å². The maximum absolute atomic E-state index is 10.5. The Labute approximate surface area is 91.9 Å². The molecule has 0 aromatic rings. The number of likely N-dealkylation sites (N-methyl/N-ethyl adjacent to an activating group) is 1. The van der Waals surface area contributed by atoms with Gasteiger partial charge in [-0.1, -0.05) is 6.42 Å². The van der Waals surface area contributed by atoms with Gasteiger partial charge in [0.05, 0.1) is 6.42 Å². The molecule has 0 unspecified atom stereocenters. The van der Waals surface area contributed by atoms with Crippen molar-refractivity contribution in [2.75, 3.05) is 33.7 Å². The lowest BCUT2D eigenvalue weighted by atomic mass is 10.0. The van der Waals surface area contributed by atoms with Gasteiger partial charge in [0.25, 0.3) is 0 Å². The number of likely N-dealkylation sites (tertiary alicyclic amines) is 1. The zero-order valence-electron chi connectivity index (χ0n) is 9.78. The van der Waals surface area contributed by atoms with Gasteiger partial charge in [-0.2, -0.15) is 0 Å². The van der Waals surface area contributed by atoms with E-state index in [1.165, 1.54) is 19.3 Å². The maximum Gasteiger partial charge on any atom is 0.304 e. The number of nitrogens with zero attached hydrogens (tertiary/aromatic N) is 2. The smallest absolute Gasteiger partial charge is 0.304 e. The van der Waals surface area contributed by atoms with Crippen molar-refractivity contribution in [2.24, 2.45) is 0 Å². The van der Waals surface area contributed by atoms with Crippen molar-refractivity contribution >= 4 is 5.97 Å². The molecule has 88 valence electrons. The summed E-state index contributed by atoms with van der Waals surface area (Å²) in [6.45, 7) is 2.80. The van der Waals surface area contributed by atoms with Gasteiger partial charge >= 0.3 is 5.97 Å². The summed E-state index contributed by atoms with van der Waals surface area (Å²) in [5.41, 5.74) is 0. The molecule has 4 heteroatoms. The molecule has 0 aliphatic carbocycles. The number of rotatable bonds is 5. The fraction of sp³-hybridized carbons (Fsp3) is 0.909. The Morgan fingerprint density at radius 2 is 2.20 bits per heavy atom. The third kappa shape index (κ3) is 4.62. The lowest BCUT2D eigenvalue weighted by Gasteiger charge is -2.36. The van der Waals surface area contributed by atoms with E-state index >= 15 is 0 Å². The molecule has 0 saturated carbocycles. The molecule has 0 bridgehead atoms. The van der Waals surface area contributed by atoms with Gasteiger partial charge in [0, 0.05) is 19.1 Å². The average molecular weight is 214 g/mol. The molecule has 1 aliphatic heterocycles. The summed E-state index contributed by atoms with van der Waals surface area (Å²) in [6, 6.07) is 0.549. The normalized spacial score (nSPS) is 23.3. The summed E-state index contributed by atoms with van der Waals surface area (Å²) >= 11 is 0. The van der Waals surface area contributed by atoms with Crippen LogP contribution in [-0.2, 0) is 4.79 Å². The van der Waals surface area contributed by atoms with Crippen LogP contribution in [0.15, 0.2) is 0 Å². The van der Waals surface area contributed by atoms with Crippen molar-refractivity contribution in [3.8, 4) is 0 Å². The van der Waals surface area contributed by atoms with E-state index < -0.39 is 5.97 Å². The van der Waals surface area contributed by atoms with E-state index in [-0.39, 0.29) is 6.42 Å². The molecule has 1 fully saturated rings. The van der Waals surface area contributed by atoms with Gasteiger partial charge in [0.2, 0.25) is 0 Å². The van der Waals surface area contributed by atoms with Gasteiger partial charge in [-0.05, 0) is 33.5 Å². The average Bonchev–Trinajstić information content (AvgIpc) is 2.15. The zero-order valence-corrected chi connectivity index (χ0v) is 9.78. The molecular formula is C11H22N2O2. The molecule has 0 radical (unpaired) electrons. The number of carboxylic acid groups (broad SMARTS) is 1. The molecule has 1 aliphatic rings. The first-order chi connectivity index (χ1) is 7.09. The number of hydrogen-bond acceptors (Lipinski definition) is 3. The third-order valence-electron chi connectivity index (χ3n) is 2.94. The molecule has 1 N–H and O–H groups in total. The van der Waals surface area contributed by atoms with E-state index in [2.05, 4.69) is 23.9 Å². The van der Waals surface area contributed by atoms with E-state index in [0.717, 1.165) is 13.1 Å². The molecule has 1 saturated heterocycles. The van der Waals surface area contributed by atoms with Crippen LogP contribution < -0.4 is 0 Å². The second-order valence-electron chi connectivity index (χ2n) is 4.59. The Morgan fingerprint density at radius 3 is 2.80 bits per heavy atom. The highest BCUT2D eigenvalue weighted by atomic mass is 16.4. The van der Waals surface area contributed by atoms with Crippen LogP contribution in [0.25, 0.3) is 0 Å². The van der Waals surface area contributed by atoms with E-state index in [0.29, 0.717) is 12.6 Å². The highest BCUT2D eigenvalue weighted by Gasteiger charge is 2.22. The van der Waals surface area contributed by atoms with Crippen LogP contribution in [0, 0.1) is 0 Å². The second-order valence-corrected chi connectivity index (χ2v) is 4.59. The monoisotopic (exact) mass is 214 g/mol. The van der Waals surface area contributed by atoms with Gasteiger partial charge in [0.15, 0.2) is 0 Å². The van der Waals surface area contributed by atoms with Crippen LogP contribution in [-0.4, -0.2) is 60.6 Å². The zero-order chi connectivity index (χ0) is 11.3. The summed E-state index contributed by atoms with van der Waals surface area (Å²) in [5, 5.41) is 8.68. The Balaban J connectivity index is 2.38. The molecule has 0 spiro atoms. The molecular weight excluding hydrogens is 192 g/mol. The van der Waals surface area contributed by atoms with Gasteiger partial charge in [-0.3, -0.25) is 9.69 Å². The number of carbonyl (C=O) groups is 1. The number of carboxylic acids is 1. The molecule has 1 heterocycles. The van der Waals surface area contributed by atoms with Crippen molar-refractivity contribution in [1.82, 2.24) is 9.80 Å². The Hall–Kier alpha value is -0.610. The quantitative estimate of drug-likeness (QED) is 0.738. The van der Waals surface area contributed by atoms with Crippen molar-refractivity contribution in [3.63, 3.8) is 0 Å². The molecule has 4 nitrogen and oxygen atoms in total. The summed E-state index contributed by atoms with van der Waals surface area (Å²) in [6.07, 6.45) is 3.97. The second kappa shape index (κ2) is 6.08. The summed E-state index contributed by atoms with van der Waals surface area (Å²) < 4.78 is 0. The predicted octanol–water partition coefficient (Wildman–Crippen LogP) is 0.877. The van der Waals surface area contributed by atoms with E-state index in [1.807, 2.05) is 0 Å². The van der Waals surface area contributed by atoms with Crippen LogP contribution in [0.3, 0.4) is 0 Å². The first-order valence-electron chi connectivity index (χ1n) is 5.70. The Kier molecular flexibility index (Phi) is 5.05. The highest BCUT2D eigenvalue weighted by Crippen LogP contribution is 2.17. The first kappa shape index (κ1) is 12.5. The van der Waals surface area contributed by atoms with Crippen LogP contribution in [0.5, 0.6) is 0 Å². The van der Waals surface area contributed by atoms with Gasteiger partial charge in [-0.25, -0.2) is 0 Å². The highest BCUT2D eigenvalue weighted by molar-refractivity contribution is 5.66. The molecule has 1 rings (SSSR count). The fourth-order valence-electron chi connectivity index (χ4n) is 2.22. The SMILES string of the molecule is CN(C)C[C@H]1CCCCN1CCC(=O)O. The summed E-state index contributed by atoms with van der Waals surface area (Å²) in [5.74, 6) is -0.691. The van der Waals surface area contributed by atoms with E-state index in [4.69, 9.17) is 5.11 Å². The minimum atomic E-state index is -0.691. The number of aliphatic carboxylic acids is 1. The number of piperidine rings is 1. The summed E-state index contributed by atoms with van der Waals surface area (Å²) in [7, 11) is 4.15. The largest absolute Gasteiger partial charge is 0.481 e. The van der Waals surface area contributed by atoms with Crippen molar-refractivity contribution < 1.29 is 9.90 Å². The van der Waals surface area contributed by atoms with Crippen LogP contribution in [0.2, 0.25) is 0 Å². The topological polar surface area (TPSA) is 43.8 Å². The third-order valence-corrected chi connectivity index (χ3v) is 2.94. The fourth-order valence-corrected chi connectivity index (χ4v) is 2.22. The van der Waals surface area contributed by atoms with E-state index in [9.17, 15) is 4.79 Å². The molecule has 1 atom stereocenters. The van der Waals surface area contributed by atoms with Gasteiger partial charge in [-0.15, -0.1) is 0 Å². The lowest BCUT2D eigenvalue weighted by Crippen LogP contribution is -2.45. The van der Waals surface area contributed by atoms with Crippen molar-refractivity contribution in [2.45, 2.75) is 31.7 Å². The van der Waals surface area contributed by atoms with E-state index in [1.54, 1.807) is 0 Å². The Morgan fingerprint density at radius 1 is 1.47 bits per heavy atom. The standard InChI is InChI=1S/C11H22N2O2/c1-12(2)9-10-5-3-4-7-13(10)8-6-11(14)15/h10H,3-9H2,1-2H3,(H,14,15)/t10-/m1/s1. The minimum absolute atomic E-state index is 0.268. The molecule has 0 aromatic carbocycles. The Bertz CT molecular complexity index is 207. The van der Waals surface area contributed by atoms with Crippen LogP contribution in [0.4, 0.5) is 0 Å². The van der Waals surface area contributed by atoms with Gasteiger partial charge in [0.1, 0.15) is 0 Å². The maximum atomic E-state index is 10.5. The number of hydrogen-bond donors (Lipinski definition) is 1. The lowest BCUT2D eigenvalue weighted by molar-refractivity contribution is -0.137. The minimum Gasteiger partial charge on any atom is -0.481 e. The summed E-state index contributed by atoms with van der Waals surface area (Å²) in [4.78, 5) is 15.0.